The molecule has 2 aliphatic heterocycles. The summed E-state index contributed by atoms with van der Waals surface area (Å²) in [6.45, 7) is 4.74. The van der Waals surface area contributed by atoms with Crippen LogP contribution in [-0.4, -0.2) is 58.9 Å². The fourth-order valence-electron chi connectivity index (χ4n) is 4.59. The number of amides is 3. The molecule has 0 radical (unpaired) electrons. The molecule has 8 nitrogen and oxygen atoms in total. The minimum absolute atomic E-state index is 0.0565. The predicted octanol–water partition coefficient (Wildman–Crippen LogP) is 3.71. The maximum Gasteiger partial charge on any atom is 0.246 e. The molecule has 3 amide bonds. The molecule has 1 N–H and O–H groups in total. The van der Waals surface area contributed by atoms with Crippen LogP contribution < -0.4 is 5.32 Å². The Labute approximate surface area is 197 Å². The van der Waals surface area contributed by atoms with Gasteiger partial charge in [-0.1, -0.05) is 5.16 Å². The van der Waals surface area contributed by atoms with Gasteiger partial charge in [-0.3, -0.25) is 14.4 Å². The van der Waals surface area contributed by atoms with Crippen molar-refractivity contribution in [1.82, 2.24) is 15.0 Å². The van der Waals surface area contributed by atoms with Crippen LogP contribution >= 0.6 is 11.3 Å². The van der Waals surface area contributed by atoms with E-state index in [0.29, 0.717) is 24.4 Å². The molecule has 1 spiro atoms. The second-order valence-corrected chi connectivity index (χ2v) is 9.79. The Balaban J connectivity index is 1.17. The van der Waals surface area contributed by atoms with E-state index in [0.717, 1.165) is 51.0 Å². The van der Waals surface area contributed by atoms with Crippen molar-refractivity contribution >= 4 is 41.0 Å². The molecule has 0 aliphatic carbocycles. The number of rotatable bonds is 7. The highest BCUT2D eigenvalue weighted by molar-refractivity contribution is 7.08. The number of likely N-dealkylation sites (tertiary alicyclic amines) is 2. The van der Waals surface area contributed by atoms with Crippen molar-refractivity contribution in [2.24, 2.45) is 5.41 Å². The van der Waals surface area contributed by atoms with E-state index in [4.69, 9.17) is 4.52 Å². The molecule has 9 heteroatoms. The van der Waals surface area contributed by atoms with Crippen LogP contribution in [0.4, 0.5) is 5.82 Å². The Hall–Kier alpha value is -2.94. The maximum absolute atomic E-state index is 12.7. The largest absolute Gasteiger partial charge is 0.360 e. The third-order valence-electron chi connectivity index (χ3n) is 6.58. The van der Waals surface area contributed by atoms with Gasteiger partial charge in [0.05, 0.1) is 0 Å². The smallest absolute Gasteiger partial charge is 0.246 e. The molecule has 0 bridgehead atoms. The molecule has 0 unspecified atom stereocenters. The summed E-state index contributed by atoms with van der Waals surface area (Å²) in [4.78, 5) is 41.0. The van der Waals surface area contributed by atoms with Crippen LogP contribution in [0.15, 0.2) is 33.5 Å². The number of piperidine rings is 1. The Morgan fingerprint density at radius 1 is 1.18 bits per heavy atom. The SMILES string of the molecule is Cc1cc(NC(=O)CCCC(=O)N2CCC3(CCN(C(=O)C=Cc4ccsc4)CC3)C2)no1. The summed E-state index contributed by atoms with van der Waals surface area (Å²) >= 11 is 1.61. The number of nitrogens with zero attached hydrogens (tertiary/aromatic N) is 3. The van der Waals surface area contributed by atoms with Crippen LogP contribution in [0, 0.1) is 12.3 Å². The summed E-state index contributed by atoms with van der Waals surface area (Å²) in [5.74, 6) is 1.03. The molecular formula is C24H30N4O4S. The number of hydrogen-bond donors (Lipinski definition) is 1. The number of aromatic nitrogens is 1. The molecule has 176 valence electrons. The second-order valence-electron chi connectivity index (χ2n) is 9.01. The molecule has 0 atom stereocenters. The normalized spacial score (nSPS) is 17.7. The molecule has 4 rings (SSSR count). The summed E-state index contributed by atoms with van der Waals surface area (Å²) in [5.41, 5.74) is 1.17. The van der Waals surface area contributed by atoms with E-state index in [-0.39, 0.29) is 29.6 Å². The first-order valence-electron chi connectivity index (χ1n) is 11.4. The van der Waals surface area contributed by atoms with Gasteiger partial charge in [0.25, 0.3) is 0 Å². The molecule has 2 fully saturated rings. The lowest BCUT2D eigenvalue weighted by Crippen LogP contribution is -2.44. The standard InChI is InChI=1S/C24H30N4O4S/c1-18-15-20(26-32-18)25-21(29)3-2-4-22(30)28-13-10-24(17-28)8-11-27(12-9-24)23(31)6-5-19-7-14-33-16-19/h5-7,14-16H,2-4,8-13,17H2,1H3,(H,25,26,29). The summed E-state index contributed by atoms with van der Waals surface area (Å²) in [7, 11) is 0. The van der Waals surface area contributed by atoms with E-state index in [2.05, 4.69) is 10.5 Å². The number of aryl methyl sites for hydroxylation is 1. The highest BCUT2D eigenvalue weighted by atomic mass is 32.1. The number of carbonyl (C=O) groups excluding carboxylic acids is 3. The topological polar surface area (TPSA) is 95.8 Å². The minimum atomic E-state index is -0.168. The van der Waals surface area contributed by atoms with Crippen LogP contribution in [0.25, 0.3) is 6.08 Å². The Bertz CT molecular complexity index is 1010. The van der Waals surface area contributed by atoms with Gasteiger partial charge in [0.15, 0.2) is 5.82 Å². The summed E-state index contributed by atoms with van der Waals surface area (Å²) in [6.07, 6.45) is 7.49. The number of carbonyl (C=O) groups is 3. The van der Waals surface area contributed by atoms with Gasteiger partial charge >= 0.3 is 0 Å². The first-order valence-corrected chi connectivity index (χ1v) is 12.4. The zero-order valence-electron chi connectivity index (χ0n) is 18.9. The van der Waals surface area contributed by atoms with Crippen molar-refractivity contribution in [3.63, 3.8) is 0 Å². The van der Waals surface area contributed by atoms with Gasteiger partial charge in [-0.15, -0.1) is 0 Å². The predicted molar refractivity (Wildman–Crippen MR) is 127 cm³/mol. The van der Waals surface area contributed by atoms with E-state index in [1.165, 1.54) is 0 Å². The van der Waals surface area contributed by atoms with Crippen molar-refractivity contribution < 1.29 is 18.9 Å². The van der Waals surface area contributed by atoms with Crippen molar-refractivity contribution in [3.8, 4) is 0 Å². The van der Waals surface area contributed by atoms with Gasteiger partial charge in [0.1, 0.15) is 5.76 Å². The minimum Gasteiger partial charge on any atom is -0.360 e. The first kappa shape index (κ1) is 23.2. The lowest BCUT2D eigenvalue weighted by atomic mass is 9.78. The van der Waals surface area contributed by atoms with Gasteiger partial charge in [0.2, 0.25) is 17.7 Å². The van der Waals surface area contributed by atoms with Crippen molar-refractivity contribution in [1.29, 1.82) is 0 Å². The molecule has 33 heavy (non-hydrogen) atoms. The number of anilines is 1. The lowest BCUT2D eigenvalue weighted by Gasteiger charge is -2.39. The molecule has 2 aromatic heterocycles. The molecule has 4 heterocycles. The number of thiophene rings is 1. The molecule has 2 aromatic rings. The van der Waals surface area contributed by atoms with E-state index in [1.54, 1.807) is 30.4 Å². The van der Waals surface area contributed by atoms with E-state index in [9.17, 15) is 14.4 Å². The van der Waals surface area contributed by atoms with Crippen LogP contribution in [-0.2, 0) is 14.4 Å². The van der Waals surface area contributed by atoms with Crippen LogP contribution in [0.3, 0.4) is 0 Å². The maximum atomic E-state index is 12.7. The monoisotopic (exact) mass is 470 g/mol. The van der Waals surface area contributed by atoms with Gasteiger partial charge in [-0.05, 0) is 66.5 Å². The third kappa shape index (κ3) is 6.10. The average Bonchev–Trinajstić information content (AvgIpc) is 3.55. The van der Waals surface area contributed by atoms with E-state index < -0.39 is 0 Å². The van der Waals surface area contributed by atoms with Crippen molar-refractivity contribution in [2.45, 2.75) is 45.4 Å². The van der Waals surface area contributed by atoms with Gasteiger partial charge < -0.3 is 19.6 Å². The highest BCUT2D eigenvalue weighted by Crippen LogP contribution is 2.40. The summed E-state index contributed by atoms with van der Waals surface area (Å²) in [6, 6.07) is 3.65. The molecular weight excluding hydrogens is 440 g/mol. The van der Waals surface area contributed by atoms with Crippen LogP contribution in [0.5, 0.6) is 0 Å². The van der Waals surface area contributed by atoms with Crippen molar-refractivity contribution in [3.05, 3.63) is 40.3 Å². The quantitative estimate of drug-likeness (QED) is 0.623. The average molecular weight is 471 g/mol. The third-order valence-corrected chi connectivity index (χ3v) is 7.28. The molecule has 2 aliphatic rings. The highest BCUT2D eigenvalue weighted by Gasteiger charge is 2.42. The Morgan fingerprint density at radius 2 is 1.94 bits per heavy atom. The summed E-state index contributed by atoms with van der Waals surface area (Å²) in [5, 5.41) is 10.4. The number of hydrogen-bond acceptors (Lipinski definition) is 6. The summed E-state index contributed by atoms with van der Waals surface area (Å²) < 4.78 is 4.93. The lowest BCUT2D eigenvalue weighted by molar-refractivity contribution is -0.132. The van der Waals surface area contributed by atoms with E-state index >= 15 is 0 Å². The number of nitrogens with one attached hydrogen (secondary N) is 1. The second kappa shape index (κ2) is 10.3. The molecule has 2 saturated heterocycles. The van der Waals surface area contributed by atoms with Crippen LogP contribution in [0.1, 0.15) is 49.8 Å². The van der Waals surface area contributed by atoms with Gasteiger partial charge in [0, 0.05) is 51.2 Å². The fraction of sp³-hybridized carbons (Fsp3) is 0.500. The van der Waals surface area contributed by atoms with Gasteiger partial charge in [-0.25, -0.2) is 0 Å². The zero-order chi connectivity index (χ0) is 23.3. The fourth-order valence-corrected chi connectivity index (χ4v) is 5.22. The van der Waals surface area contributed by atoms with E-state index in [1.807, 2.05) is 32.7 Å². The Kier molecular flexibility index (Phi) is 7.27. The molecule has 0 saturated carbocycles. The Morgan fingerprint density at radius 3 is 2.61 bits per heavy atom. The van der Waals surface area contributed by atoms with Gasteiger partial charge in [-0.2, -0.15) is 11.3 Å². The van der Waals surface area contributed by atoms with Crippen molar-refractivity contribution in [2.75, 3.05) is 31.5 Å². The van der Waals surface area contributed by atoms with Crippen LogP contribution in [0.2, 0.25) is 0 Å². The molecule has 0 aromatic carbocycles. The first-order chi connectivity index (χ1) is 15.9. The zero-order valence-corrected chi connectivity index (χ0v) is 19.7.